The van der Waals surface area contributed by atoms with Crippen molar-refractivity contribution in [1.29, 1.82) is 0 Å². The minimum atomic E-state index is -0.719. The number of benzene rings is 1. The SMILES string of the molecule is O=C(CNC(=O)c1c(F)cccc1Cl)NCC[C@@H]1CCCO1. The number of amides is 2. The average molecular weight is 329 g/mol. The summed E-state index contributed by atoms with van der Waals surface area (Å²) in [7, 11) is 0. The van der Waals surface area contributed by atoms with E-state index >= 15 is 0 Å². The summed E-state index contributed by atoms with van der Waals surface area (Å²) in [6.45, 7) is 1.03. The molecule has 2 N–H and O–H groups in total. The number of halogens is 2. The van der Waals surface area contributed by atoms with Crippen LogP contribution in [0.2, 0.25) is 5.02 Å². The van der Waals surface area contributed by atoms with Crippen molar-refractivity contribution in [1.82, 2.24) is 10.6 Å². The number of ether oxygens (including phenoxy) is 1. The highest BCUT2D eigenvalue weighted by atomic mass is 35.5. The molecule has 0 saturated carbocycles. The molecule has 1 aliphatic rings. The van der Waals surface area contributed by atoms with Crippen molar-refractivity contribution in [2.75, 3.05) is 19.7 Å². The van der Waals surface area contributed by atoms with Gasteiger partial charge in [-0.2, -0.15) is 0 Å². The Morgan fingerprint density at radius 3 is 2.86 bits per heavy atom. The Bertz CT molecular complexity index is 527. The van der Waals surface area contributed by atoms with Gasteiger partial charge in [0.25, 0.3) is 5.91 Å². The molecule has 1 aromatic rings. The topological polar surface area (TPSA) is 67.4 Å². The van der Waals surface area contributed by atoms with Crippen molar-refractivity contribution < 1.29 is 18.7 Å². The van der Waals surface area contributed by atoms with Crippen LogP contribution in [-0.2, 0) is 9.53 Å². The monoisotopic (exact) mass is 328 g/mol. The summed E-state index contributed by atoms with van der Waals surface area (Å²) in [6.07, 6.45) is 3.02. The largest absolute Gasteiger partial charge is 0.378 e. The Balaban J connectivity index is 1.72. The predicted octanol–water partition coefficient (Wildman–Crippen LogP) is 1.89. The lowest BCUT2D eigenvalue weighted by Crippen LogP contribution is -2.38. The van der Waals surface area contributed by atoms with Crippen LogP contribution in [0.3, 0.4) is 0 Å². The number of carbonyl (C=O) groups excluding carboxylic acids is 2. The molecule has 0 aliphatic carbocycles. The number of hydrogen-bond acceptors (Lipinski definition) is 3. The zero-order valence-electron chi connectivity index (χ0n) is 12.0. The van der Waals surface area contributed by atoms with Gasteiger partial charge < -0.3 is 15.4 Å². The quantitative estimate of drug-likeness (QED) is 0.838. The van der Waals surface area contributed by atoms with Crippen LogP contribution in [0, 0.1) is 5.82 Å². The third-order valence-corrected chi connectivity index (χ3v) is 3.73. The van der Waals surface area contributed by atoms with Crippen molar-refractivity contribution in [3.8, 4) is 0 Å². The minimum Gasteiger partial charge on any atom is -0.378 e. The Kier molecular flexibility index (Phi) is 6.15. The van der Waals surface area contributed by atoms with Crippen LogP contribution in [0.4, 0.5) is 4.39 Å². The lowest BCUT2D eigenvalue weighted by molar-refractivity contribution is -0.120. The van der Waals surface area contributed by atoms with Crippen molar-refractivity contribution in [2.24, 2.45) is 0 Å². The Hall–Kier alpha value is -1.66. The van der Waals surface area contributed by atoms with Gasteiger partial charge >= 0.3 is 0 Å². The molecule has 5 nitrogen and oxygen atoms in total. The van der Waals surface area contributed by atoms with Crippen LogP contribution >= 0.6 is 11.6 Å². The number of carbonyl (C=O) groups is 2. The van der Waals surface area contributed by atoms with Crippen LogP contribution in [0.5, 0.6) is 0 Å². The molecule has 0 bridgehead atoms. The molecule has 1 aromatic carbocycles. The summed E-state index contributed by atoms with van der Waals surface area (Å²) in [5, 5.41) is 5.05. The fraction of sp³-hybridized carbons (Fsp3) is 0.467. The van der Waals surface area contributed by atoms with Gasteiger partial charge in [0.05, 0.1) is 23.2 Å². The molecule has 0 aromatic heterocycles. The van der Waals surface area contributed by atoms with Crippen LogP contribution < -0.4 is 10.6 Å². The first-order valence-electron chi connectivity index (χ1n) is 7.18. The van der Waals surface area contributed by atoms with E-state index in [1.807, 2.05) is 0 Å². The van der Waals surface area contributed by atoms with E-state index < -0.39 is 11.7 Å². The molecule has 1 fully saturated rings. The normalized spacial score (nSPS) is 17.3. The van der Waals surface area contributed by atoms with Gasteiger partial charge in [-0.25, -0.2) is 4.39 Å². The molecule has 120 valence electrons. The van der Waals surface area contributed by atoms with Gasteiger partial charge in [-0.05, 0) is 31.4 Å². The zero-order chi connectivity index (χ0) is 15.9. The first-order valence-corrected chi connectivity index (χ1v) is 7.56. The standard InChI is InChI=1S/C15H18ClFN2O3/c16-11-4-1-5-12(17)14(11)15(21)19-9-13(20)18-7-6-10-3-2-8-22-10/h1,4-5,10H,2-3,6-9H2,(H,18,20)(H,19,21)/t10-/m0/s1. The lowest BCUT2D eigenvalue weighted by atomic mass is 10.2. The molecule has 1 saturated heterocycles. The van der Waals surface area contributed by atoms with E-state index in [4.69, 9.17) is 16.3 Å². The predicted molar refractivity (Wildman–Crippen MR) is 80.3 cm³/mol. The van der Waals surface area contributed by atoms with Crippen molar-refractivity contribution in [2.45, 2.75) is 25.4 Å². The van der Waals surface area contributed by atoms with E-state index in [0.29, 0.717) is 6.54 Å². The molecular formula is C15H18ClFN2O3. The highest BCUT2D eigenvalue weighted by Crippen LogP contribution is 2.18. The summed E-state index contributed by atoms with van der Waals surface area (Å²) in [4.78, 5) is 23.5. The first-order chi connectivity index (χ1) is 10.6. The zero-order valence-corrected chi connectivity index (χ0v) is 12.8. The summed E-state index contributed by atoms with van der Waals surface area (Å²) in [5.41, 5.74) is -0.253. The molecular weight excluding hydrogens is 311 g/mol. The first kappa shape index (κ1) is 16.7. The van der Waals surface area contributed by atoms with Crippen LogP contribution in [0.15, 0.2) is 18.2 Å². The van der Waals surface area contributed by atoms with Gasteiger partial charge in [0.1, 0.15) is 5.82 Å². The summed E-state index contributed by atoms with van der Waals surface area (Å²) in [6, 6.07) is 3.97. The molecule has 0 spiro atoms. The Morgan fingerprint density at radius 1 is 1.36 bits per heavy atom. The number of hydrogen-bond donors (Lipinski definition) is 2. The molecule has 22 heavy (non-hydrogen) atoms. The van der Waals surface area contributed by atoms with Gasteiger partial charge in [-0.3, -0.25) is 9.59 Å². The van der Waals surface area contributed by atoms with E-state index in [1.165, 1.54) is 12.1 Å². The molecule has 2 amide bonds. The van der Waals surface area contributed by atoms with Gasteiger partial charge in [0.15, 0.2) is 0 Å². The van der Waals surface area contributed by atoms with Crippen molar-refractivity contribution in [3.05, 3.63) is 34.6 Å². The molecule has 0 radical (unpaired) electrons. The highest BCUT2D eigenvalue weighted by molar-refractivity contribution is 6.33. The van der Waals surface area contributed by atoms with Crippen LogP contribution in [-0.4, -0.2) is 37.6 Å². The van der Waals surface area contributed by atoms with Crippen LogP contribution in [0.25, 0.3) is 0 Å². The second-order valence-corrected chi connectivity index (χ2v) is 5.46. The number of rotatable bonds is 6. The van der Waals surface area contributed by atoms with Gasteiger partial charge in [-0.15, -0.1) is 0 Å². The maximum Gasteiger partial charge on any atom is 0.256 e. The van der Waals surface area contributed by atoms with Crippen molar-refractivity contribution in [3.63, 3.8) is 0 Å². The van der Waals surface area contributed by atoms with Crippen molar-refractivity contribution >= 4 is 23.4 Å². The van der Waals surface area contributed by atoms with E-state index in [2.05, 4.69) is 10.6 Å². The van der Waals surface area contributed by atoms with Gasteiger partial charge in [0.2, 0.25) is 5.91 Å². The molecule has 1 aliphatic heterocycles. The summed E-state index contributed by atoms with van der Waals surface area (Å²) >= 11 is 5.78. The maximum absolute atomic E-state index is 13.5. The van der Waals surface area contributed by atoms with E-state index in [-0.39, 0.29) is 29.1 Å². The van der Waals surface area contributed by atoms with Crippen LogP contribution in [0.1, 0.15) is 29.6 Å². The van der Waals surface area contributed by atoms with E-state index in [1.54, 1.807) is 0 Å². The lowest BCUT2D eigenvalue weighted by Gasteiger charge is -2.11. The Morgan fingerprint density at radius 2 is 2.18 bits per heavy atom. The molecule has 1 heterocycles. The fourth-order valence-corrected chi connectivity index (χ4v) is 2.52. The van der Waals surface area contributed by atoms with E-state index in [9.17, 15) is 14.0 Å². The highest BCUT2D eigenvalue weighted by Gasteiger charge is 2.17. The van der Waals surface area contributed by atoms with E-state index in [0.717, 1.165) is 31.9 Å². The number of nitrogens with one attached hydrogen (secondary N) is 2. The smallest absolute Gasteiger partial charge is 0.256 e. The molecule has 0 unspecified atom stereocenters. The summed E-state index contributed by atoms with van der Waals surface area (Å²) < 4.78 is 19.0. The second kappa shape index (κ2) is 8.10. The molecule has 2 rings (SSSR count). The Labute approximate surface area is 133 Å². The third kappa shape index (κ3) is 4.68. The van der Waals surface area contributed by atoms with Gasteiger partial charge in [0, 0.05) is 13.2 Å². The third-order valence-electron chi connectivity index (χ3n) is 3.41. The molecule has 1 atom stereocenters. The van der Waals surface area contributed by atoms with Gasteiger partial charge in [-0.1, -0.05) is 17.7 Å². The fourth-order valence-electron chi connectivity index (χ4n) is 2.27. The maximum atomic E-state index is 13.5. The second-order valence-electron chi connectivity index (χ2n) is 5.05. The summed E-state index contributed by atoms with van der Waals surface area (Å²) in [5.74, 6) is -1.76. The average Bonchev–Trinajstić information content (AvgIpc) is 2.98. The molecule has 7 heteroatoms. The minimum absolute atomic E-state index is 0.0105.